The Morgan fingerprint density at radius 2 is 2.33 bits per heavy atom. The fourth-order valence-electron chi connectivity index (χ4n) is 1.65. The lowest BCUT2D eigenvalue weighted by atomic mass is 10.0. The minimum Gasteiger partial charge on any atom is -0.255 e. The van der Waals surface area contributed by atoms with Crippen molar-refractivity contribution in [2.45, 2.75) is 19.8 Å². The molecule has 15 heavy (non-hydrogen) atoms. The zero-order chi connectivity index (χ0) is 10.5. The molecule has 0 radical (unpaired) electrons. The number of aromatic nitrogens is 1. The molecule has 2 rings (SSSR count). The smallest absolute Gasteiger partial charge is 0.0917 e. The summed E-state index contributed by atoms with van der Waals surface area (Å²) in [7, 11) is 0. The van der Waals surface area contributed by atoms with Gasteiger partial charge >= 0.3 is 0 Å². The topological polar surface area (TPSA) is 25.2 Å². The maximum Gasteiger partial charge on any atom is 0.0917 e. The second-order valence-electron chi connectivity index (χ2n) is 3.42. The quantitative estimate of drug-likeness (QED) is 0.716. The number of rotatable bonds is 2. The Labute approximate surface area is 90.1 Å². The maximum absolute atomic E-state index is 4.41. The summed E-state index contributed by atoms with van der Waals surface area (Å²) in [6, 6.07) is 5.92. The molecule has 1 aromatic rings. The lowest BCUT2D eigenvalue weighted by Crippen LogP contribution is -2.08. The first-order chi connectivity index (χ1) is 7.42. The maximum atomic E-state index is 4.41. The molecule has 0 fully saturated rings. The molecule has 1 aromatic heterocycles. The van der Waals surface area contributed by atoms with Gasteiger partial charge in [-0.2, -0.15) is 0 Å². The molecule has 0 saturated heterocycles. The van der Waals surface area contributed by atoms with Crippen molar-refractivity contribution >= 4 is 5.71 Å². The van der Waals surface area contributed by atoms with Crippen LogP contribution in [0.2, 0.25) is 0 Å². The third-order valence-corrected chi connectivity index (χ3v) is 2.31. The predicted octanol–water partition coefficient (Wildman–Crippen LogP) is 3.12. The van der Waals surface area contributed by atoms with E-state index < -0.39 is 0 Å². The molecule has 1 aliphatic rings. The van der Waals surface area contributed by atoms with Gasteiger partial charge in [0.1, 0.15) is 0 Å². The van der Waals surface area contributed by atoms with Crippen molar-refractivity contribution in [2.24, 2.45) is 4.99 Å². The lowest BCUT2D eigenvalue weighted by Gasteiger charge is -2.11. The van der Waals surface area contributed by atoms with Crippen LogP contribution in [0.3, 0.4) is 0 Å². The van der Waals surface area contributed by atoms with Crippen molar-refractivity contribution in [3.63, 3.8) is 0 Å². The summed E-state index contributed by atoms with van der Waals surface area (Å²) in [5, 5.41) is 0. The zero-order valence-electron chi connectivity index (χ0n) is 8.85. The van der Waals surface area contributed by atoms with E-state index >= 15 is 0 Å². The highest BCUT2D eigenvalue weighted by Crippen LogP contribution is 2.16. The van der Waals surface area contributed by atoms with Crippen molar-refractivity contribution in [2.75, 3.05) is 0 Å². The summed E-state index contributed by atoms with van der Waals surface area (Å²) >= 11 is 0. The average molecular weight is 198 g/mol. The highest BCUT2D eigenvalue weighted by molar-refractivity contribution is 6.12. The number of allylic oxidation sites excluding steroid dienone is 3. The van der Waals surface area contributed by atoms with Crippen LogP contribution in [-0.4, -0.2) is 10.7 Å². The molecule has 0 bridgehead atoms. The fourth-order valence-corrected chi connectivity index (χ4v) is 1.65. The average Bonchev–Trinajstić information content (AvgIpc) is 2.31. The second-order valence-corrected chi connectivity index (χ2v) is 3.42. The van der Waals surface area contributed by atoms with Gasteiger partial charge in [-0.25, -0.2) is 0 Å². The van der Waals surface area contributed by atoms with Gasteiger partial charge in [-0.1, -0.05) is 25.1 Å². The van der Waals surface area contributed by atoms with Crippen LogP contribution in [0.15, 0.2) is 53.3 Å². The molecule has 0 N–H and O–H groups in total. The van der Waals surface area contributed by atoms with Crippen LogP contribution in [0.1, 0.15) is 25.5 Å². The minimum absolute atomic E-state index is 0.960. The SMILES string of the molecule is CCC=C1CC=CN=C1c1ccccn1. The van der Waals surface area contributed by atoms with Crippen LogP contribution in [0.25, 0.3) is 0 Å². The van der Waals surface area contributed by atoms with Crippen molar-refractivity contribution in [1.29, 1.82) is 0 Å². The van der Waals surface area contributed by atoms with E-state index in [1.807, 2.05) is 24.4 Å². The fraction of sp³-hybridized carbons (Fsp3) is 0.231. The Bertz CT molecular complexity index is 413. The summed E-state index contributed by atoms with van der Waals surface area (Å²) in [5.41, 5.74) is 3.25. The number of aliphatic imine (C=N–C) groups is 1. The zero-order valence-corrected chi connectivity index (χ0v) is 8.85. The summed E-state index contributed by atoms with van der Waals surface area (Å²) in [4.78, 5) is 8.73. The molecule has 1 aliphatic heterocycles. The number of hydrogen-bond acceptors (Lipinski definition) is 2. The third kappa shape index (κ3) is 2.21. The Kier molecular flexibility index (Phi) is 3.08. The molecule has 0 atom stereocenters. The molecule has 2 nitrogen and oxygen atoms in total. The predicted molar refractivity (Wildman–Crippen MR) is 62.9 cm³/mol. The normalized spacial score (nSPS) is 17.9. The Morgan fingerprint density at radius 3 is 3.07 bits per heavy atom. The van der Waals surface area contributed by atoms with Gasteiger partial charge < -0.3 is 0 Å². The number of nitrogens with zero attached hydrogens (tertiary/aromatic N) is 2. The largest absolute Gasteiger partial charge is 0.255 e. The van der Waals surface area contributed by atoms with Gasteiger partial charge in [0, 0.05) is 12.4 Å². The molecule has 0 saturated carbocycles. The molecule has 0 amide bonds. The van der Waals surface area contributed by atoms with Crippen molar-refractivity contribution in [3.8, 4) is 0 Å². The van der Waals surface area contributed by atoms with E-state index in [9.17, 15) is 0 Å². The van der Waals surface area contributed by atoms with Crippen molar-refractivity contribution in [3.05, 3.63) is 54.0 Å². The first kappa shape index (κ1) is 9.84. The van der Waals surface area contributed by atoms with E-state index in [1.54, 1.807) is 6.20 Å². The third-order valence-electron chi connectivity index (χ3n) is 2.31. The number of pyridine rings is 1. The van der Waals surface area contributed by atoms with Gasteiger partial charge in [-0.3, -0.25) is 9.98 Å². The Balaban J connectivity index is 2.38. The lowest BCUT2D eigenvalue weighted by molar-refractivity contribution is 1.14. The van der Waals surface area contributed by atoms with E-state index in [2.05, 4.69) is 29.1 Å². The molecule has 0 aromatic carbocycles. The summed E-state index contributed by atoms with van der Waals surface area (Å²) in [6.07, 6.45) is 9.96. The van der Waals surface area contributed by atoms with Gasteiger partial charge in [0.25, 0.3) is 0 Å². The van der Waals surface area contributed by atoms with Gasteiger partial charge in [-0.05, 0) is 30.5 Å². The summed E-state index contributed by atoms with van der Waals surface area (Å²) in [6.45, 7) is 2.14. The van der Waals surface area contributed by atoms with Gasteiger partial charge in [0.15, 0.2) is 0 Å². The molecular weight excluding hydrogens is 184 g/mol. The first-order valence-corrected chi connectivity index (χ1v) is 5.25. The van der Waals surface area contributed by atoms with E-state index in [0.717, 1.165) is 24.2 Å². The van der Waals surface area contributed by atoms with Crippen molar-refractivity contribution in [1.82, 2.24) is 4.98 Å². The molecule has 76 valence electrons. The molecule has 0 spiro atoms. The van der Waals surface area contributed by atoms with E-state index in [0.29, 0.717) is 0 Å². The molecule has 0 unspecified atom stereocenters. The molecule has 2 heterocycles. The van der Waals surface area contributed by atoms with E-state index in [1.165, 1.54) is 5.57 Å². The van der Waals surface area contributed by atoms with Crippen molar-refractivity contribution < 1.29 is 0 Å². The van der Waals surface area contributed by atoms with Crippen LogP contribution >= 0.6 is 0 Å². The molecule has 0 aliphatic carbocycles. The second kappa shape index (κ2) is 4.69. The van der Waals surface area contributed by atoms with Crippen LogP contribution in [0, 0.1) is 0 Å². The molecular formula is C13H14N2. The van der Waals surface area contributed by atoms with Gasteiger partial charge in [0.05, 0.1) is 11.4 Å². The van der Waals surface area contributed by atoms with Crippen LogP contribution in [-0.2, 0) is 0 Å². The first-order valence-electron chi connectivity index (χ1n) is 5.25. The Hall–Kier alpha value is -1.70. The Morgan fingerprint density at radius 1 is 1.40 bits per heavy atom. The van der Waals surface area contributed by atoms with Gasteiger partial charge in [0.2, 0.25) is 0 Å². The number of hydrogen-bond donors (Lipinski definition) is 0. The summed E-state index contributed by atoms with van der Waals surface area (Å²) in [5.74, 6) is 0. The standard InChI is InChI=1S/C13H14N2/c1-2-6-11-7-5-10-15-13(11)12-8-3-4-9-14-12/h3-6,8-10H,2,7H2,1H3. The van der Waals surface area contributed by atoms with Crippen LogP contribution < -0.4 is 0 Å². The minimum atomic E-state index is 0.960. The van der Waals surface area contributed by atoms with Gasteiger partial charge in [-0.15, -0.1) is 0 Å². The van der Waals surface area contributed by atoms with E-state index in [-0.39, 0.29) is 0 Å². The van der Waals surface area contributed by atoms with Crippen LogP contribution in [0.4, 0.5) is 0 Å². The molecule has 2 heteroatoms. The van der Waals surface area contributed by atoms with E-state index in [4.69, 9.17) is 0 Å². The summed E-state index contributed by atoms with van der Waals surface area (Å²) < 4.78 is 0. The van der Waals surface area contributed by atoms with Crippen LogP contribution in [0.5, 0.6) is 0 Å². The highest BCUT2D eigenvalue weighted by Gasteiger charge is 2.11. The monoisotopic (exact) mass is 198 g/mol. The highest BCUT2D eigenvalue weighted by atomic mass is 14.8.